The van der Waals surface area contributed by atoms with E-state index in [1.807, 2.05) is 43.3 Å². The predicted molar refractivity (Wildman–Crippen MR) is 149 cm³/mol. The first-order valence-corrected chi connectivity index (χ1v) is 13.7. The van der Waals surface area contributed by atoms with Crippen molar-refractivity contribution in [3.63, 3.8) is 0 Å². The largest absolute Gasteiger partial charge is 0.490 e. The average Bonchev–Trinajstić information content (AvgIpc) is 2.91. The molecule has 5 rings (SSSR count). The molecule has 7 nitrogen and oxygen atoms in total. The van der Waals surface area contributed by atoms with E-state index < -0.39 is 6.17 Å². The summed E-state index contributed by atoms with van der Waals surface area (Å²) in [6, 6.07) is 17.7. The predicted octanol–water partition coefficient (Wildman–Crippen LogP) is 4.63. The molecule has 0 aromatic heterocycles. The fourth-order valence-corrected chi connectivity index (χ4v) is 5.56. The number of carbonyl (C=O) groups is 1. The van der Waals surface area contributed by atoms with E-state index in [1.165, 1.54) is 17.8 Å². The molecule has 2 aliphatic rings. The average molecular weight is 595 g/mol. The third-order valence-corrected chi connectivity index (χ3v) is 7.31. The first-order chi connectivity index (χ1) is 18.5. The van der Waals surface area contributed by atoms with E-state index in [4.69, 9.17) is 19.6 Å². The third-order valence-electron chi connectivity index (χ3n) is 5.81. The quantitative estimate of drug-likeness (QED) is 0.385. The number of rotatable bonds is 8. The molecule has 38 heavy (non-hydrogen) atoms. The minimum atomic E-state index is -0.654. The molecule has 2 aliphatic heterocycles. The Morgan fingerprint density at radius 3 is 2.76 bits per heavy atom. The minimum Gasteiger partial charge on any atom is -0.490 e. The lowest BCUT2D eigenvalue weighted by atomic mass is 10.1. The smallest absolute Gasteiger partial charge is 0.276 e. The van der Waals surface area contributed by atoms with Gasteiger partial charge in [-0.3, -0.25) is 15.1 Å². The molecule has 10 heteroatoms. The molecular weight excluding hydrogens is 571 g/mol. The topological polar surface area (TPSA) is 75.5 Å². The number of nitrogens with one attached hydrogen (secondary N) is 1. The number of halogens is 2. The van der Waals surface area contributed by atoms with Gasteiger partial charge in [-0.2, -0.15) is 0 Å². The van der Waals surface area contributed by atoms with Crippen molar-refractivity contribution in [1.29, 1.82) is 0 Å². The Balaban J connectivity index is 1.58. The fraction of sp³-hybridized carbons (Fsp3) is 0.179. The summed E-state index contributed by atoms with van der Waals surface area (Å²) >= 11 is 4.85. The molecule has 0 saturated heterocycles. The summed E-state index contributed by atoms with van der Waals surface area (Å²) in [5.74, 6) is 0.786. The van der Waals surface area contributed by atoms with Crippen molar-refractivity contribution in [3.05, 3.63) is 105 Å². The molecule has 0 saturated carbocycles. The summed E-state index contributed by atoms with van der Waals surface area (Å²) in [7, 11) is 0. The van der Waals surface area contributed by atoms with Gasteiger partial charge in [0.25, 0.3) is 5.91 Å². The van der Waals surface area contributed by atoms with Crippen LogP contribution in [0.15, 0.2) is 87.9 Å². The first kappa shape index (κ1) is 26.0. The molecule has 1 N–H and O–H groups in total. The molecule has 0 spiro atoms. The van der Waals surface area contributed by atoms with E-state index in [0.29, 0.717) is 61.9 Å². The van der Waals surface area contributed by atoms with Crippen LogP contribution < -0.4 is 25.4 Å². The molecule has 1 amide bonds. The van der Waals surface area contributed by atoms with Gasteiger partial charge in [0.15, 0.2) is 22.8 Å². The molecule has 1 atom stereocenters. The molecular formula is C28H24BrFN4O3S. The second-order valence-electron chi connectivity index (χ2n) is 8.32. The molecule has 0 fully saturated rings. The SMILES string of the molecule is C=CCOc1c(Br)cc([C@@H]2N=c3ccccc3=C3C(=O)NC(SCc4ccccc4F)=NN32)cc1OCC. The number of fused-ring (bicyclic) bond motifs is 2. The van der Waals surface area contributed by atoms with E-state index in [2.05, 4.69) is 27.8 Å². The van der Waals surface area contributed by atoms with E-state index >= 15 is 0 Å². The lowest BCUT2D eigenvalue weighted by molar-refractivity contribution is -0.116. The Hall–Kier alpha value is -3.63. The van der Waals surface area contributed by atoms with Gasteiger partial charge in [0.2, 0.25) is 0 Å². The van der Waals surface area contributed by atoms with Gasteiger partial charge in [0.1, 0.15) is 18.1 Å². The van der Waals surface area contributed by atoms with Crippen molar-refractivity contribution in [2.45, 2.75) is 18.8 Å². The second kappa shape index (κ2) is 11.4. The number of ether oxygens (including phenoxy) is 2. The van der Waals surface area contributed by atoms with Crippen molar-refractivity contribution in [1.82, 2.24) is 10.3 Å². The number of hydrazone groups is 1. The molecule has 3 aromatic rings. The molecule has 3 aromatic carbocycles. The van der Waals surface area contributed by atoms with E-state index in [1.54, 1.807) is 29.3 Å². The lowest BCUT2D eigenvalue weighted by Crippen LogP contribution is -2.50. The normalized spacial score (nSPS) is 16.0. The number of nitrogens with zero attached hydrogens (tertiary/aromatic N) is 3. The Kier molecular flexibility index (Phi) is 7.80. The zero-order chi connectivity index (χ0) is 26.6. The van der Waals surface area contributed by atoms with E-state index in [-0.39, 0.29) is 11.7 Å². The van der Waals surface area contributed by atoms with Crippen LogP contribution in [0.1, 0.15) is 24.2 Å². The summed E-state index contributed by atoms with van der Waals surface area (Å²) < 4.78 is 26.6. The minimum absolute atomic E-state index is 0.304. The number of hydrogen-bond acceptors (Lipinski definition) is 7. The standard InChI is InChI=1S/C28H24BrFN4O3S/c1-3-13-37-25-20(29)14-18(15-23(25)36-4-2)26-31-22-12-8-6-10-19(22)24-27(35)32-28(33-34(24)26)38-16-17-9-5-7-11-21(17)30/h3,5-12,14-15,26H,1,4,13,16H2,2H3,(H,32,33,35)/t26-/m1/s1. The molecule has 194 valence electrons. The van der Waals surface area contributed by atoms with Gasteiger partial charge >= 0.3 is 0 Å². The number of hydrogen-bond donors (Lipinski definition) is 1. The van der Waals surface area contributed by atoms with E-state index in [0.717, 1.165) is 5.56 Å². The van der Waals surface area contributed by atoms with Gasteiger partial charge in [-0.25, -0.2) is 9.40 Å². The summed E-state index contributed by atoms with van der Waals surface area (Å²) in [5.41, 5.74) is 1.65. The number of carbonyl (C=O) groups excluding carboxylic acids is 1. The van der Waals surface area contributed by atoms with Crippen LogP contribution in [0.2, 0.25) is 0 Å². The third kappa shape index (κ3) is 5.19. The number of amides is 1. The van der Waals surface area contributed by atoms with Gasteiger partial charge in [-0.1, -0.05) is 60.8 Å². The molecule has 0 bridgehead atoms. The van der Waals surface area contributed by atoms with Crippen LogP contribution in [-0.2, 0) is 10.5 Å². The second-order valence-corrected chi connectivity index (χ2v) is 10.1. The summed E-state index contributed by atoms with van der Waals surface area (Å²) in [5, 5.41) is 11.0. The monoisotopic (exact) mass is 594 g/mol. The van der Waals surface area contributed by atoms with Crippen molar-refractivity contribution < 1.29 is 18.7 Å². The van der Waals surface area contributed by atoms with Crippen LogP contribution in [0, 0.1) is 5.82 Å². The van der Waals surface area contributed by atoms with Crippen LogP contribution in [-0.4, -0.2) is 29.3 Å². The zero-order valence-corrected chi connectivity index (χ0v) is 22.9. The first-order valence-electron chi connectivity index (χ1n) is 11.9. The Morgan fingerprint density at radius 1 is 1.18 bits per heavy atom. The molecule has 0 radical (unpaired) electrons. The lowest BCUT2D eigenvalue weighted by Gasteiger charge is -2.34. The van der Waals surface area contributed by atoms with Gasteiger partial charge in [-0.15, -0.1) is 5.10 Å². The summed E-state index contributed by atoms with van der Waals surface area (Å²) in [4.78, 5) is 18.4. The van der Waals surface area contributed by atoms with Gasteiger partial charge in [0.05, 0.1) is 16.4 Å². The van der Waals surface area contributed by atoms with Crippen LogP contribution in [0.5, 0.6) is 11.5 Å². The van der Waals surface area contributed by atoms with Crippen molar-refractivity contribution in [2.75, 3.05) is 13.2 Å². The maximum atomic E-state index is 14.2. The number of amidine groups is 1. The maximum absolute atomic E-state index is 14.2. The number of para-hydroxylation sites is 1. The fourth-order valence-electron chi connectivity index (χ4n) is 4.15. The van der Waals surface area contributed by atoms with Gasteiger partial charge in [0, 0.05) is 16.5 Å². The van der Waals surface area contributed by atoms with Crippen LogP contribution >= 0.6 is 27.7 Å². The maximum Gasteiger partial charge on any atom is 0.276 e. The highest BCUT2D eigenvalue weighted by atomic mass is 79.9. The van der Waals surface area contributed by atoms with Crippen molar-refractivity contribution in [3.8, 4) is 11.5 Å². The van der Waals surface area contributed by atoms with E-state index in [9.17, 15) is 9.18 Å². The van der Waals surface area contributed by atoms with Gasteiger partial charge in [-0.05, 0) is 52.7 Å². The van der Waals surface area contributed by atoms with Gasteiger partial charge < -0.3 is 9.47 Å². The summed E-state index contributed by atoms with van der Waals surface area (Å²) in [6.07, 6.45) is 1.01. The van der Waals surface area contributed by atoms with Crippen LogP contribution in [0.3, 0.4) is 0 Å². The van der Waals surface area contributed by atoms with Crippen LogP contribution in [0.25, 0.3) is 5.70 Å². The molecule has 0 aliphatic carbocycles. The van der Waals surface area contributed by atoms with Crippen molar-refractivity contribution in [2.24, 2.45) is 10.1 Å². The highest BCUT2D eigenvalue weighted by Crippen LogP contribution is 2.41. The highest BCUT2D eigenvalue weighted by Gasteiger charge is 2.35. The van der Waals surface area contributed by atoms with Crippen LogP contribution in [0.4, 0.5) is 4.39 Å². The highest BCUT2D eigenvalue weighted by molar-refractivity contribution is 9.10. The Labute approximate surface area is 231 Å². The van der Waals surface area contributed by atoms with Crippen molar-refractivity contribution >= 4 is 44.5 Å². The zero-order valence-electron chi connectivity index (χ0n) is 20.5. The molecule has 0 unspecified atom stereocenters. The number of benzene rings is 3. The molecule has 2 heterocycles. The Bertz CT molecular complexity index is 1560. The number of thioether (sulfide) groups is 1. The Morgan fingerprint density at radius 2 is 1.97 bits per heavy atom. The summed E-state index contributed by atoms with van der Waals surface area (Å²) in [6.45, 7) is 6.35.